The van der Waals surface area contributed by atoms with Crippen molar-refractivity contribution >= 4 is 11.9 Å². The zero-order valence-corrected chi connectivity index (χ0v) is 58.5. The van der Waals surface area contributed by atoms with Crippen molar-refractivity contribution in [1.82, 2.24) is 0 Å². The Morgan fingerprint density at radius 1 is 0.294 bits per heavy atom. The normalized spacial score (nSPS) is 12.9. The van der Waals surface area contributed by atoms with Crippen LogP contribution in [0.25, 0.3) is 0 Å². The molecule has 3 atom stereocenters. The molecule has 3 unspecified atom stereocenters. The van der Waals surface area contributed by atoms with Crippen LogP contribution in [-0.4, -0.2) is 34.4 Å². The average Bonchev–Trinajstić information content (AvgIpc) is 3.50. The number of unbranched alkanes of at least 4 members (excludes halogenated alkanes) is 62. The second kappa shape index (κ2) is 73.4. The number of carbonyl (C=O) groups excluding carboxylic acids is 1. The molecule has 0 rings (SSSR count). The molecule has 0 aliphatic rings. The lowest BCUT2D eigenvalue weighted by Crippen LogP contribution is -2.28. The molecule has 5 heteroatoms. The van der Waals surface area contributed by atoms with E-state index >= 15 is 0 Å². The number of carbonyl (C=O) groups is 2. The van der Waals surface area contributed by atoms with E-state index < -0.39 is 18.0 Å². The molecule has 0 aliphatic carbocycles. The lowest BCUT2D eigenvalue weighted by Gasteiger charge is -2.19. The van der Waals surface area contributed by atoms with Gasteiger partial charge < -0.3 is 14.9 Å². The van der Waals surface area contributed by atoms with Crippen LogP contribution in [0.3, 0.4) is 0 Å². The summed E-state index contributed by atoms with van der Waals surface area (Å²) in [4.78, 5) is 24.3. The Morgan fingerprint density at radius 3 is 0.765 bits per heavy atom. The van der Waals surface area contributed by atoms with Gasteiger partial charge in [0.05, 0.1) is 18.1 Å². The smallest absolute Gasteiger partial charge is 0.309 e. The molecule has 0 bridgehead atoms. The highest BCUT2D eigenvalue weighted by Crippen LogP contribution is 2.23. The first-order chi connectivity index (χ1) is 41.9. The van der Waals surface area contributed by atoms with Crippen LogP contribution in [0.1, 0.15) is 470 Å². The summed E-state index contributed by atoms with van der Waals surface area (Å²) in [6, 6.07) is 0. The van der Waals surface area contributed by atoms with Gasteiger partial charge in [-0.2, -0.15) is 0 Å². The number of carboxylic acid groups (broad SMARTS) is 1. The molecule has 0 saturated heterocycles. The highest BCUT2D eigenvalue weighted by atomic mass is 16.5. The van der Waals surface area contributed by atoms with Crippen LogP contribution < -0.4 is 0 Å². The molecular formula is C80H156O5. The van der Waals surface area contributed by atoms with E-state index in [0.29, 0.717) is 19.3 Å². The molecule has 0 saturated carbocycles. The molecule has 2 N–H and O–H groups in total. The third-order valence-electron chi connectivity index (χ3n) is 19.2. The number of aliphatic carboxylic acids is 1. The average molecular weight is 1200 g/mol. The predicted molar refractivity (Wildman–Crippen MR) is 376 cm³/mol. The lowest BCUT2D eigenvalue weighted by atomic mass is 9.91. The Kier molecular flexibility index (Phi) is 72.2. The molecule has 85 heavy (non-hydrogen) atoms. The summed E-state index contributed by atoms with van der Waals surface area (Å²) in [6.45, 7) is 6.67. The number of carboxylic acids is 1. The zero-order chi connectivity index (χ0) is 61.5. The van der Waals surface area contributed by atoms with Crippen LogP contribution in [-0.2, 0) is 14.3 Å². The standard InChI is InChI=1S/C80H156O5/c1-4-6-8-10-12-14-16-18-20-21-22-38-41-45-49-53-57-61-65-69-73-77(80(83)84)78(81)74-70-66-62-58-54-50-46-42-39-36-34-32-30-28-26-24-23-25-27-29-31-33-35-37-40-43-47-51-55-59-63-67-71-75-79(82)85-76(3)72-68-64-60-56-52-48-44-19-17-15-13-11-9-7-5-2/h23-24,76-78,81H,4-22,25-75H2,1-3H3,(H,83,84)/b24-23+. The molecule has 0 amide bonds. The SMILES string of the molecule is CCCCCCCCCCCCCCCCCCCCCCC(C(=O)O)C(O)CCCCCCCCCCCCCCCC/C=C/CCCCCCCCCCCCCCCCCC(=O)OC(C)CCCCCCCCCCCCCCCCC. The number of hydrogen-bond donors (Lipinski definition) is 2. The van der Waals surface area contributed by atoms with Gasteiger partial charge in [0.15, 0.2) is 0 Å². The van der Waals surface area contributed by atoms with Gasteiger partial charge in [0.1, 0.15) is 0 Å². The third-order valence-corrected chi connectivity index (χ3v) is 19.2. The van der Waals surface area contributed by atoms with E-state index in [0.717, 1.165) is 38.5 Å². The maximum atomic E-state index is 12.3. The van der Waals surface area contributed by atoms with Crippen LogP contribution >= 0.6 is 0 Å². The van der Waals surface area contributed by atoms with Crippen molar-refractivity contribution in [3.8, 4) is 0 Å². The second-order valence-electron chi connectivity index (χ2n) is 27.9. The Balaban J connectivity index is 3.37. The molecule has 0 heterocycles. The molecule has 0 fully saturated rings. The van der Waals surface area contributed by atoms with E-state index in [1.165, 1.54) is 392 Å². The van der Waals surface area contributed by atoms with Crippen molar-refractivity contribution < 1.29 is 24.5 Å². The second-order valence-corrected chi connectivity index (χ2v) is 27.9. The summed E-state index contributed by atoms with van der Waals surface area (Å²) in [7, 11) is 0. The van der Waals surface area contributed by atoms with E-state index in [9.17, 15) is 19.8 Å². The first-order valence-corrected chi connectivity index (χ1v) is 39.7. The van der Waals surface area contributed by atoms with E-state index in [-0.39, 0.29) is 12.1 Å². The van der Waals surface area contributed by atoms with Gasteiger partial charge in [0.2, 0.25) is 0 Å². The lowest BCUT2D eigenvalue weighted by molar-refractivity contribution is -0.149. The van der Waals surface area contributed by atoms with Crippen molar-refractivity contribution in [3.05, 3.63) is 12.2 Å². The summed E-state index contributed by atoms with van der Waals surface area (Å²) in [5.74, 6) is -1.37. The highest BCUT2D eigenvalue weighted by Gasteiger charge is 2.25. The van der Waals surface area contributed by atoms with Gasteiger partial charge >= 0.3 is 11.9 Å². The fourth-order valence-corrected chi connectivity index (χ4v) is 13.2. The van der Waals surface area contributed by atoms with E-state index in [4.69, 9.17) is 4.74 Å². The molecule has 0 aromatic rings. The number of aliphatic hydroxyl groups is 1. The summed E-state index contributed by atoms with van der Waals surface area (Å²) in [5.41, 5.74) is 0. The summed E-state index contributed by atoms with van der Waals surface area (Å²) in [6.07, 6.45) is 96.0. The van der Waals surface area contributed by atoms with E-state index in [1.807, 2.05) is 0 Å². The molecule has 0 aliphatic heterocycles. The van der Waals surface area contributed by atoms with Gasteiger partial charge in [-0.1, -0.05) is 411 Å². The number of esters is 1. The number of rotatable bonds is 75. The fourth-order valence-electron chi connectivity index (χ4n) is 13.2. The van der Waals surface area contributed by atoms with Crippen molar-refractivity contribution in [1.29, 1.82) is 0 Å². The first kappa shape index (κ1) is 83.6. The summed E-state index contributed by atoms with van der Waals surface area (Å²) >= 11 is 0. The van der Waals surface area contributed by atoms with Crippen LogP contribution in [0.5, 0.6) is 0 Å². The fraction of sp³-hybridized carbons (Fsp3) is 0.950. The molecular weight excluding hydrogens is 1040 g/mol. The maximum Gasteiger partial charge on any atom is 0.309 e. The molecule has 0 aromatic heterocycles. The highest BCUT2D eigenvalue weighted by molar-refractivity contribution is 5.70. The molecule has 0 aromatic carbocycles. The van der Waals surface area contributed by atoms with Crippen LogP contribution in [0.4, 0.5) is 0 Å². The van der Waals surface area contributed by atoms with Crippen LogP contribution in [0.15, 0.2) is 12.2 Å². The van der Waals surface area contributed by atoms with Crippen LogP contribution in [0.2, 0.25) is 0 Å². The Labute approximate surface area is 534 Å². The minimum atomic E-state index is -0.805. The molecule has 5 nitrogen and oxygen atoms in total. The van der Waals surface area contributed by atoms with Gasteiger partial charge in [-0.05, 0) is 64.7 Å². The largest absolute Gasteiger partial charge is 0.481 e. The summed E-state index contributed by atoms with van der Waals surface area (Å²) < 4.78 is 5.71. The van der Waals surface area contributed by atoms with Gasteiger partial charge in [-0.15, -0.1) is 0 Å². The number of hydrogen-bond acceptors (Lipinski definition) is 4. The van der Waals surface area contributed by atoms with Gasteiger partial charge in [0, 0.05) is 6.42 Å². The Morgan fingerprint density at radius 2 is 0.506 bits per heavy atom. The number of ether oxygens (including phenoxy) is 1. The van der Waals surface area contributed by atoms with Crippen molar-refractivity contribution in [2.45, 2.75) is 482 Å². The maximum absolute atomic E-state index is 12.3. The van der Waals surface area contributed by atoms with Crippen molar-refractivity contribution in [2.75, 3.05) is 0 Å². The number of aliphatic hydroxyl groups excluding tert-OH is 1. The van der Waals surface area contributed by atoms with Crippen LogP contribution in [0, 0.1) is 5.92 Å². The third kappa shape index (κ3) is 70.0. The van der Waals surface area contributed by atoms with Crippen molar-refractivity contribution in [2.24, 2.45) is 5.92 Å². The summed E-state index contributed by atoms with van der Waals surface area (Å²) in [5, 5.41) is 20.5. The topological polar surface area (TPSA) is 83.8 Å². The minimum Gasteiger partial charge on any atom is -0.481 e. The quantitative estimate of drug-likeness (QED) is 0.0360. The molecule has 0 spiro atoms. The molecule has 0 radical (unpaired) electrons. The minimum absolute atomic E-state index is 0.0223. The van der Waals surface area contributed by atoms with Gasteiger partial charge in [-0.3, -0.25) is 9.59 Å². The van der Waals surface area contributed by atoms with E-state index in [1.54, 1.807) is 0 Å². The Bertz CT molecular complexity index is 1300. The van der Waals surface area contributed by atoms with Gasteiger partial charge in [0.25, 0.3) is 0 Å². The number of allylic oxidation sites excluding steroid dienone is 2. The predicted octanol–water partition coefficient (Wildman–Crippen LogP) is 27.9. The Hall–Kier alpha value is -1.36. The van der Waals surface area contributed by atoms with E-state index in [2.05, 4.69) is 32.9 Å². The zero-order valence-electron chi connectivity index (χ0n) is 58.5. The van der Waals surface area contributed by atoms with Crippen molar-refractivity contribution in [3.63, 3.8) is 0 Å². The first-order valence-electron chi connectivity index (χ1n) is 39.7. The monoisotopic (exact) mass is 1200 g/mol. The molecule has 506 valence electrons. The van der Waals surface area contributed by atoms with Gasteiger partial charge in [-0.25, -0.2) is 0 Å².